The van der Waals surface area contributed by atoms with Crippen LogP contribution >= 0.6 is 11.5 Å². The predicted octanol–water partition coefficient (Wildman–Crippen LogP) is 1.96. The van der Waals surface area contributed by atoms with E-state index < -0.39 is 0 Å². The Kier molecular flexibility index (Phi) is 4.44. The fourth-order valence-electron chi connectivity index (χ4n) is 1.46. The van der Waals surface area contributed by atoms with Crippen molar-refractivity contribution in [2.75, 3.05) is 37.4 Å². The van der Waals surface area contributed by atoms with E-state index in [-0.39, 0.29) is 0 Å². The molecule has 0 saturated heterocycles. The van der Waals surface area contributed by atoms with Crippen LogP contribution in [-0.4, -0.2) is 30.7 Å². The van der Waals surface area contributed by atoms with Crippen LogP contribution in [0.15, 0.2) is 0 Å². The summed E-state index contributed by atoms with van der Waals surface area (Å²) in [5, 5.41) is 4.13. The van der Waals surface area contributed by atoms with Crippen molar-refractivity contribution in [3.63, 3.8) is 0 Å². The minimum Gasteiger partial charge on any atom is -0.487 e. The molecule has 1 aliphatic rings. The number of anilines is 2. The molecule has 0 spiro atoms. The molecule has 1 aromatic heterocycles. The van der Waals surface area contributed by atoms with E-state index in [1.807, 2.05) is 6.92 Å². The quantitative estimate of drug-likeness (QED) is 0.697. The van der Waals surface area contributed by atoms with Crippen LogP contribution < -0.4 is 15.8 Å². The highest BCUT2D eigenvalue weighted by Crippen LogP contribution is 2.34. The molecule has 5 nitrogen and oxygen atoms in total. The van der Waals surface area contributed by atoms with Gasteiger partial charge >= 0.3 is 0 Å². The Morgan fingerprint density at radius 3 is 3.06 bits per heavy atom. The Balaban J connectivity index is 1.69. The van der Waals surface area contributed by atoms with Crippen LogP contribution in [0.4, 0.5) is 10.8 Å². The van der Waals surface area contributed by atoms with Crippen LogP contribution in [0.3, 0.4) is 0 Å². The number of hydrogen-bond donors (Lipinski definition) is 2. The first kappa shape index (κ1) is 12.4. The summed E-state index contributed by atoms with van der Waals surface area (Å²) in [5.74, 6) is 1.94. The van der Waals surface area contributed by atoms with E-state index in [9.17, 15) is 0 Å². The maximum absolute atomic E-state index is 5.71. The molecule has 6 heteroatoms. The highest BCUT2D eigenvalue weighted by atomic mass is 32.1. The smallest absolute Gasteiger partial charge is 0.197 e. The largest absolute Gasteiger partial charge is 0.487 e. The minimum atomic E-state index is 0.457. The molecule has 2 rings (SSSR count). The number of ether oxygens (including phenoxy) is 2. The van der Waals surface area contributed by atoms with E-state index >= 15 is 0 Å². The van der Waals surface area contributed by atoms with Gasteiger partial charge in [0.15, 0.2) is 16.6 Å². The molecule has 0 bridgehead atoms. The van der Waals surface area contributed by atoms with Crippen molar-refractivity contribution in [3.05, 3.63) is 0 Å². The second-order valence-electron chi connectivity index (χ2n) is 4.10. The maximum Gasteiger partial charge on any atom is 0.197 e. The topological polar surface area (TPSA) is 69.4 Å². The molecule has 0 aromatic carbocycles. The van der Waals surface area contributed by atoms with Crippen molar-refractivity contribution >= 4 is 22.4 Å². The van der Waals surface area contributed by atoms with Gasteiger partial charge in [0, 0.05) is 13.2 Å². The molecule has 1 saturated carbocycles. The maximum atomic E-state index is 5.71. The fourth-order valence-corrected chi connectivity index (χ4v) is 2.15. The lowest BCUT2D eigenvalue weighted by Gasteiger charge is -2.07. The van der Waals surface area contributed by atoms with Gasteiger partial charge in [-0.2, -0.15) is 4.37 Å². The van der Waals surface area contributed by atoms with Gasteiger partial charge in [0.2, 0.25) is 0 Å². The molecule has 0 unspecified atom stereocenters. The second-order valence-corrected chi connectivity index (χ2v) is 4.88. The third-order valence-electron chi connectivity index (χ3n) is 2.55. The summed E-state index contributed by atoms with van der Waals surface area (Å²) in [6.07, 6.45) is 2.65. The van der Waals surface area contributed by atoms with Crippen LogP contribution in [0.25, 0.3) is 0 Å². The van der Waals surface area contributed by atoms with Gasteiger partial charge in [-0.1, -0.05) is 0 Å². The summed E-state index contributed by atoms with van der Waals surface area (Å²) in [5.41, 5.74) is 5.71. The lowest BCUT2D eigenvalue weighted by atomic mass is 10.5. The van der Waals surface area contributed by atoms with Gasteiger partial charge in [-0.3, -0.25) is 0 Å². The van der Waals surface area contributed by atoms with Crippen LogP contribution in [0.2, 0.25) is 0 Å². The third kappa shape index (κ3) is 3.74. The lowest BCUT2D eigenvalue weighted by Crippen LogP contribution is -2.10. The Morgan fingerprint density at radius 2 is 2.35 bits per heavy atom. The number of nitrogens with two attached hydrogens (primary N) is 1. The monoisotopic (exact) mass is 257 g/mol. The molecule has 1 aliphatic carbocycles. The summed E-state index contributed by atoms with van der Waals surface area (Å²) >= 11 is 1.33. The van der Waals surface area contributed by atoms with E-state index in [0.717, 1.165) is 24.1 Å². The Bertz CT molecular complexity index is 352. The van der Waals surface area contributed by atoms with Gasteiger partial charge in [0.25, 0.3) is 0 Å². The van der Waals surface area contributed by atoms with Gasteiger partial charge in [0.05, 0.1) is 13.2 Å². The SMILES string of the molecule is CCOc1c(N)nsc1NCCOCC1CC1. The molecule has 0 amide bonds. The number of rotatable bonds is 8. The number of nitrogens with zero attached hydrogens (tertiary/aromatic N) is 1. The number of aromatic nitrogens is 1. The first-order valence-electron chi connectivity index (χ1n) is 6.00. The first-order chi connectivity index (χ1) is 8.31. The van der Waals surface area contributed by atoms with Crippen molar-refractivity contribution in [1.82, 2.24) is 4.37 Å². The standard InChI is InChI=1S/C11H19N3O2S/c1-2-16-9-10(12)14-17-11(9)13-5-6-15-7-8-3-4-8/h8,13H,2-7H2,1H3,(H2,12,14). The zero-order valence-corrected chi connectivity index (χ0v) is 10.9. The van der Waals surface area contributed by atoms with Gasteiger partial charge in [-0.15, -0.1) is 0 Å². The van der Waals surface area contributed by atoms with Crippen LogP contribution in [0, 0.1) is 5.92 Å². The molecule has 0 aliphatic heterocycles. The normalized spacial score (nSPS) is 14.9. The number of hydrogen-bond acceptors (Lipinski definition) is 6. The molecule has 1 heterocycles. The molecule has 1 fully saturated rings. The van der Waals surface area contributed by atoms with E-state index in [4.69, 9.17) is 15.2 Å². The van der Waals surface area contributed by atoms with Crippen molar-refractivity contribution in [3.8, 4) is 5.75 Å². The molecule has 0 radical (unpaired) electrons. The van der Waals surface area contributed by atoms with Gasteiger partial charge in [-0.05, 0) is 37.2 Å². The molecule has 0 atom stereocenters. The number of nitrogens with one attached hydrogen (secondary N) is 1. The highest BCUT2D eigenvalue weighted by Gasteiger charge is 2.20. The van der Waals surface area contributed by atoms with E-state index in [1.165, 1.54) is 24.4 Å². The van der Waals surface area contributed by atoms with E-state index in [0.29, 0.717) is 24.8 Å². The zero-order chi connectivity index (χ0) is 12.1. The van der Waals surface area contributed by atoms with Crippen molar-refractivity contribution in [2.24, 2.45) is 5.92 Å². The van der Waals surface area contributed by atoms with Crippen LogP contribution in [-0.2, 0) is 4.74 Å². The van der Waals surface area contributed by atoms with Crippen LogP contribution in [0.5, 0.6) is 5.75 Å². The fraction of sp³-hybridized carbons (Fsp3) is 0.727. The zero-order valence-electron chi connectivity index (χ0n) is 10.1. The van der Waals surface area contributed by atoms with Crippen molar-refractivity contribution in [1.29, 1.82) is 0 Å². The highest BCUT2D eigenvalue weighted by molar-refractivity contribution is 7.11. The lowest BCUT2D eigenvalue weighted by molar-refractivity contribution is 0.134. The summed E-state index contributed by atoms with van der Waals surface area (Å²) < 4.78 is 15.0. The average Bonchev–Trinajstić information content (AvgIpc) is 3.08. The summed E-state index contributed by atoms with van der Waals surface area (Å²) in [6, 6.07) is 0. The Hall–Kier alpha value is -1.01. The summed E-state index contributed by atoms with van der Waals surface area (Å²) in [7, 11) is 0. The summed E-state index contributed by atoms with van der Waals surface area (Å²) in [6.45, 7) is 4.88. The Morgan fingerprint density at radius 1 is 1.53 bits per heavy atom. The van der Waals surface area contributed by atoms with Gasteiger partial charge < -0.3 is 20.5 Å². The molecular weight excluding hydrogens is 238 g/mol. The average molecular weight is 257 g/mol. The van der Waals surface area contributed by atoms with Crippen molar-refractivity contribution in [2.45, 2.75) is 19.8 Å². The molecule has 17 heavy (non-hydrogen) atoms. The second kappa shape index (κ2) is 6.07. The molecule has 96 valence electrons. The minimum absolute atomic E-state index is 0.457. The molecule has 1 aromatic rings. The summed E-state index contributed by atoms with van der Waals surface area (Å²) in [4.78, 5) is 0. The van der Waals surface area contributed by atoms with Crippen LogP contribution in [0.1, 0.15) is 19.8 Å². The molecular formula is C11H19N3O2S. The van der Waals surface area contributed by atoms with E-state index in [2.05, 4.69) is 9.69 Å². The third-order valence-corrected chi connectivity index (χ3v) is 3.35. The first-order valence-corrected chi connectivity index (χ1v) is 6.78. The Labute approximate surface area is 105 Å². The molecule has 3 N–H and O–H groups in total. The van der Waals surface area contributed by atoms with Gasteiger partial charge in [0.1, 0.15) is 0 Å². The van der Waals surface area contributed by atoms with Crippen molar-refractivity contribution < 1.29 is 9.47 Å². The van der Waals surface area contributed by atoms with Gasteiger partial charge in [-0.25, -0.2) is 0 Å². The van der Waals surface area contributed by atoms with E-state index in [1.54, 1.807) is 0 Å². The number of nitrogen functional groups attached to an aromatic ring is 1. The predicted molar refractivity (Wildman–Crippen MR) is 69.7 cm³/mol.